The topological polar surface area (TPSA) is 107 Å². The number of ether oxygens (including phenoxy) is 1. The maximum absolute atomic E-state index is 6.00. The Bertz CT molecular complexity index is 608. The maximum Gasteiger partial charge on any atom is 0.221 e. The maximum atomic E-state index is 6.00. The monoisotopic (exact) mass is 395 g/mol. The lowest BCUT2D eigenvalue weighted by Gasteiger charge is -2.10. The van der Waals surface area contributed by atoms with E-state index in [1.807, 2.05) is 13.8 Å². The molecule has 7 nitrogen and oxygen atoms in total. The van der Waals surface area contributed by atoms with E-state index >= 15 is 0 Å². The normalized spacial score (nSPS) is 12.6. The highest BCUT2D eigenvalue weighted by atomic mass is 35.5. The molecule has 0 aliphatic carbocycles. The molecule has 0 aliphatic heterocycles. The standard InChI is InChI=1S/C14H20Cl3N5O2/c1-8(2)20-13(18)21-14(19)22-24-5-3-4-23-12-7-10(16)9(15)6-11(12)17/h6-8H,3-5H2,1-2H3,(H5,18,19,20,21,22). The van der Waals surface area contributed by atoms with Crippen LogP contribution in [0.1, 0.15) is 20.3 Å². The summed E-state index contributed by atoms with van der Waals surface area (Å²) in [4.78, 5) is 13.0. The van der Waals surface area contributed by atoms with Crippen molar-refractivity contribution < 1.29 is 9.57 Å². The first kappa shape index (κ1) is 20.6. The molecule has 0 amide bonds. The number of nitrogens with zero attached hydrogens (tertiary/aromatic N) is 2. The zero-order valence-corrected chi connectivity index (χ0v) is 15.6. The third-order valence-corrected chi connectivity index (χ3v) is 3.44. The Balaban J connectivity index is 2.28. The number of hydrogen-bond acceptors (Lipinski definition) is 3. The molecule has 134 valence electrons. The molecular weight excluding hydrogens is 377 g/mol. The van der Waals surface area contributed by atoms with Gasteiger partial charge in [0.05, 0.1) is 28.3 Å². The van der Waals surface area contributed by atoms with Crippen molar-refractivity contribution in [2.24, 2.45) is 21.5 Å². The highest BCUT2D eigenvalue weighted by Gasteiger charge is 2.07. The van der Waals surface area contributed by atoms with E-state index in [4.69, 9.17) is 55.8 Å². The van der Waals surface area contributed by atoms with Gasteiger partial charge in [-0.25, -0.2) is 10.5 Å². The highest BCUT2D eigenvalue weighted by Crippen LogP contribution is 2.33. The second-order valence-electron chi connectivity index (χ2n) is 4.93. The lowest BCUT2D eigenvalue weighted by Crippen LogP contribution is -2.34. The van der Waals surface area contributed by atoms with E-state index in [1.165, 1.54) is 6.07 Å². The molecule has 24 heavy (non-hydrogen) atoms. The van der Waals surface area contributed by atoms with Crippen LogP contribution in [0.2, 0.25) is 15.1 Å². The Morgan fingerprint density at radius 2 is 1.79 bits per heavy atom. The van der Waals surface area contributed by atoms with Crippen LogP contribution in [0, 0.1) is 0 Å². The van der Waals surface area contributed by atoms with E-state index in [9.17, 15) is 0 Å². The summed E-state index contributed by atoms with van der Waals surface area (Å²) in [5.41, 5.74) is 13.6. The Labute approximate surface area is 155 Å². The number of nitrogens with two attached hydrogens (primary N) is 2. The predicted octanol–water partition coefficient (Wildman–Crippen LogP) is 2.97. The summed E-state index contributed by atoms with van der Waals surface area (Å²) in [6, 6.07) is 3.12. The number of benzene rings is 1. The second kappa shape index (κ2) is 10.5. The molecule has 0 radical (unpaired) electrons. The SMILES string of the molecule is CC(C)N=C(N)/N=C(\N)NOCCCOc1cc(Cl)c(Cl)cc1Cl. The van der Waals surface area contributed by atoms with Gasteiger partial charge in [-0.1, -0.05) is 34.8 Å². The molecule has 5 N–H and O–H groups in total. The van der Waals surface area contributed by atoms with Crippen molar-refractivity contribution in [3.05, 3.63) is 27.2 Å². The molecule has 0 fully saturated rings. The Hall–Kier alpha value is -1.41. The number of hydroxylamine groups is 1. The van der Waals surface area contributed by atoms with Crippen LogP contribution in [-0.2, 0) is 4.84 Å². The quantitative estimate of drug-likeness (QED) is 0.216. The van der Waals surface area contributed by atoms with Crippen molar-refractivity contribution in [2.45, 2.75) is 26.3 Å². The lowest BCUT2D eigenvalue weighted by molar-refractivity contribution is 0.0739. The van der Waals surface area contributed by atoms with Crippen LogP contribution >= 0.6 is 34.8 Å². The van der Waals surface area contributed by atoms with Crippen molar-refractivity contribution in [3.8, 4) is 5.75 Å². The first-order chi connectivity index (χ1) is 11.3. The molecular formula is C14H20Cl3N5O2. The van der Waals surface area contributed by atoms with Gasteiger partial charge in [-0.15, -0.1) is 0 Å². The minimum absolute atomic E-state index is 0.0188. The van der Waals surface area contributed by atoms with Crippen LogP contribution < -0.4 is 21.7 Å². The average molecular weight is 397 g/mol. The van der Waals surface area contributed by atoms with Crippen LogP contribution in [0.5, 0.6) is 5.75 Å². The molecule has 0 saturated heterocycles. The Morgan fingerprint density at radius 3 is 2.46 bits per heavy atom. The summed E-state index contributed by atoms with van der Waals surface area (Å²) in [5, 5.41) is 1.13. The third kappa shape index (κ3) is 7.92. The fourth-order valence-electron chi connectivity index (χ4n) is 1.49. The van der Waals surface area contributed by atoms with Gasteiger partial charge in [0.2, 0.25) is 11.9 Å². The molecule has 0 bridgehead atoms. The molecule has 1 rings (SSSR count). The molecule has 1 aromatic rings. The molecule has 0 aromatic heterocycles. The van der Waals surface area contributed by atoms with Crippen molar-refractivity contribution >= 4 is 46.7 Å². The van der Waals surface area contributed by atoms with Crippen molar-refractivity contribution in [1.82, 2.24) is 5.48 Å². The first-order valence-electron chi connectivity index (χ1n) is 7.12. The summed E-state index contributed by atoms with van der Waals surface area (Å²) < 4.78 is 5.50. The van der Waals surface area contributed by atoms with Gasteiger partial charge >= 0.3 is 0 Å². The van der Waals surface area contributed by atoms with Gasteiger partial charge in [0.25, 0.3) is 0 Å². The fourth-order valence-corrected chi connectivity index (χ4v) is 2.08. The number of guanidine groups is 2. The summed E-state index contributed by atoms with van der Waals surface area (Å²) >= 11 is 17.7. The van der Waals surface area contributed by atoms with E-state index in [-0.39, 0.29) is 18.0 Å². The van der Waals surface area contributed by atoms with Crippen LogP contribution in [0.4, 0.5) is 0 Å². The van der Waals surface area contributed by atoms with E-state index in [0.717, 1.165) is 0 Å². The summed E-state index contributed by atoms with van der Waals surface area (Å²) in [6.45, 7) is 4.45. The van der Waals surface area contributed by atoms with Gasteiger partial charge in [-0.3, -0.25) is 4.84 Å². The zero-order valence-electron chi connectivity index (χ0n) is 13.4. The fraction of sp³-hybridized carbons (Fsp3) is 0.429. The molecule has 0 spiro atoms. The molecule has 0 heterocycles. The van der Waals surface area contributed by atoms with E-state index in [0.29, 0.717) is 40.5 Å². The van der Waals surface area contributed by atoms with Gasteiger partial charge in [-0.05, 0) is 19.9 Å². The molecule has 0 aliphatic rings. The number of halogens is 3. The Kier molecular flexibility index (Phi) is 8.99. The van der Waals surface area contributed by atoms with Crippen molar-refractivity contribution in [3.63, 3.8) is 0 Å². The van der Waals surface area contributed by atoms with E-state index < -0.39 is 0 Å². The number of rotatable bonds is 7. The molecule has 1 aromatic carbocycles. The average Bonchev–Trinajstić information content (AvgIpc) is 2.46. The molecule has 0 unspecified atom stereocenters. The summed E-state index contributed by atoms with van der Waals surface area (Å²) in [5.74, 6) is 0.555. The molecule has 0 saturated carbocycles. The van der Waals surface area contributed by atoms with Crippen molar-refractivity contribution in [2.75, 3.05) is 13.2 Å². The zero-order chi connectivity index (χ0) is 18.1. The number of nitrogens with one attached hydrogen (secondary N) is 1. The van der Waals surface area contributed by atoms with Crippen LogP contribution in [-0.4, -0.2) is 31.2 Å². The van der Waals surface area contributed by atoms with Gasteiger partial charge in [-0.2, -0.15) is 4.99 Å². The van der Waals surface area contributed by atoms with Crippen LogP contribution in [0.25, 0.3) is 0 Å². The highest BCUT2D eigenvalue weighted by molar-refractivity contribution is 6.43. The smallest absolute Gasteiger partial charge is 0.221 e. The minimum atomic E-state index is 0.0188. The van der Waals surface area contributed by atoms with Crippen molar-refractivity contribution in [1.29, 1.82) is 0 Å². The van der Waals surface area contributed by atoms with Crippen LogP contribution in [0.15, 0.2) is 22.1 Å². The van der Waals surface area contributed by atoms with Gasteiger partial charge in [0, 0.05) is 18.5 Å². The molecule has 0 atom stereocenters. The lowest BCUT2D eigenvalue weighted by atomic mass is 10.3. The number of aliphatic imine (C=N–C) groups is 2. The second-order valence-corrected chi connectivity index (χ2v) is 6.15. The third-order valence-electron chi connectivity index (χ3n) is 2.43. The Morgan fingerprint density at radius 1 is 1.12 bits per heavy atom. The van der Waals surface area contributed by atoms with E-state index in [2.05, 4.69) is 15.5 Å². The van der Waals surface area contributed by atoms with Gasteiger partial charge < -0.3 is 16.2 Å². The summed E-state index contributed by atoms with van der Waals surface area (Å²) in [6.07, 6.45) is 0.576. The first-order valence-corrected chi connectivity index (χ1v) is 8.25. The largest absolute Gasteiger partial charge is 0.492 e. The van der Waals surface area contributed by atoms with Crippen LogP contribution in [0.3, 0.4) is 0 Å². The summed E-state index contributed by atoms with van der Waals surface area (Å²) in [7, 11) is 0. The van der Waals surface area contributed by atoms with Gasteiger partial charge in [0.1, 0.15) is 5.75 Å². The van der Waals surface area contributed by atoms with Gasteiger partial charge in [0.15, 0.2) is 0 Å². The minimum Gasteiger partial charge on any atom is -0.492 e. The number of hydrogen-bond donors (Lipinski definition) is 3. The molecule has 10 heteroatoms. The van der Waals surface area contributed by atoms with E-state index in [1.54, 1.807) is 6.07 Å². The predicted molar refractivity (Wildman–Crippen MR) is 99.1 cm³/mol.